The Labute approximate surface area is 133 Å². The molecule has 22 heavy (non-hydrogen) atoms. The van der Waals surface area contributed by atoms with Crippen molar-refractivity contribution in [1.29, 1.82) is 0 Å². The Morgan fingerprint density at radius 2 is 2.05 bits per heavy atom. The quantitative estimate of drug-likeness (QED) is 0.767. The highest BCUT2D eigenvalue weighted by Gasteiger charge is 2.38. The predicted octanol–water partition coefficient (Wildman–Crippen LogP) is 4.53. The van der Waals surface area contributed by atoms with Gasteiger partial charge in [-0.3, -0.25) is 4.90 Å². The fraction of sp³-hybridized carbons (Fsp3) is 0.526. The Kier molecular flexibility index (Phi) is 4.51. The number of fused-ring (bicyclic) bond motifs is 2. The highest BCUT2D eigenvalue weighted by Crippen LogP contribution is 2.36. The maximum atomic E-state index is 12.5. The van der Waals surface area contributed by atoms with E-state index in [2.05, 4.69) is 19.9 Å². The van der Waals surface area contributed by atoms with Crippen LogP contribution in [-0.4, -0.2) is 23.1 Å². The molecular weight excluding hydrogens is 274 g/mol. The molecule has 0 aliphatic carbocycles. The molecule has 1 amide bonds. The van der Waals surface area contributed by atoms with E-state index in [-0.39, 0.29) is 12.1 Å². The van der Waals surface area contributed by atoms with Crippen LogP contribution in [0.15, 0.2) is 42.0 Å². The summed E-state index contributed by atoms with van der Waals surface area (Å²) >= 11 is 0. The molecule has 2 atom stereocenters. The van der Waals surface area contributed by atoms with Gasteiger partial charge in [0, 0.05) is 6.04 Å². The Hall–Kier alpha value is -1.77. The van der Waals surface area contributed by atoms with Crippen molar-refractivity contribution in [2.45, 2.75) is 58.2 Å². The molecule has 2 aliphatic heterocycles. The first-order valence-corrected chi connectivity index (χ1v) is 8.34. The largest absolute Gasteiger partial charge is 0.445 e. The first-order chi connectivity index (χ1) is 10.6. The second kappa shape index (κ2) is 6.55. The molecule has 1 aromatic carbocycles. The molecule has 1 aromatic rings. The third-order valence-corrected chi connectivity index (χ3v) is 4.82. The summed E-state index contributed by atoms with van der Waals surface area (Å²) in [5, 5.41) is 0. The monoisotopic (exact) mass is 299 g/mol. The second-order valence-electron chi connectivity index (χ2n) is 6.70. The molecule has 1 saturated heterocycles. The van der Waals surface area contributed by atoms with Gasteiger partial charge in [0.05, 0.1) is 6.04 Å². The Morgan fingerprint density at radius 1 is 1.27 bits per heavy atom. The average Bonchev–Trinajstić information content (AvgIpc) is 2.52. The van der Waals surface area contributed by atoms with Gasteiger partial charge in [-0.2, -0.15) is 0 Å². The Bertz CT molecular complexity index is 550. The lowest BCUT2D eigenvalue weighted by Crippen LogP contribution is -2.52. The minimum absolute atomic E-state index is 0.155. The molecule has 1 fully saturated rings. The molecule has 118 valence electrons. The van der Waals surface area contributed by atoms with E-state index in [1.54, 1.807) is 0 Å². The van der Waals surface area contributed by atoms with Crippen molar-refractivity contribution in [1.82, 2.24) is 4.90 Å². The molecule has 0 saturated carbocycles. The zero-order chi connectivity index (χ0) is 15.5. The summed E-state index contributed by atoms with van der Waals surface area (Å²) in [5.41, 5.74) is 2.54. The van der Waals surface area contributed by atoms with Gasteiger partial charge in [0.1, 0.15) is 6.61 Å². The van der Waals surface area contributed by atoms with Crippen LogP contribution in [0.1, 0.15) is 45.1 Å². The molecule has 0 aromatic heterocycles. The number of nitrogens with zero attached hydrogens (tertiary/aromatic N) is 1. The van der Waals surface area contributed by atoms with Crippen molar-refractivity contribution in [2.24, 2.45) is 5.92 Å². The third-order valence-electron chi connectivity index (χ3n) is 4.82. The van der Waals surface area contributed by atoms with E-state index in [1.807, 2.05) is 35.2 Å². The van der Waals surface area contributed by atoms with Crippen molar-refractivity contribution in [3.63, 3.8) is 0 Å². The van der Waals surface area contributed by atoms with Crippen molar-refractivity contribution >= 4 is 6.09 Å². The van der Waals surface area contributed by atoms with E-state index in [1.165, 1.54) is 12.0 Å². The first kappa shape index (κ1) is 15.1. The van der Waals surface area contributed by atoms with Gasteiger partial charge < -0.3 is 4.74 Å². The summed E-state index contributed by atoms with van der Waals surface area (Å²) in [6, 6.07) is 10.4. The SMILES string of the molecule is CC(C)C1=CC2CCCC(C1)N2C(=O)OCc1ccccc1. The summed E-state index contributed by atoms with van der Waals surface area (Å²) in [5.74, 6) is 0.575. The van der Waals surface area contributed by atoms with Crippen LogP contribution in [0.3, 0.4) is 0 Å². The van der Waals surface area contributed by atoms with Gasteiger partial charge in [-0.05, 0) is 37.2 Å². The van der Waals surface area contributed by atoms with Gasteiger partial charge in [-0.1, -0.05) is 55.8 Å². The van der Waals surface area contributed by atoms with Crippen LogP contribution in [0.25, 0.3) is 0 Å². The fourth-order valence-corrected chi connectivity index (χ4v) is 3.57. The third kappa shape index (κ3) is 3.18. The van der Waals surface area contributed by atoms with E-state index >= 15 is 0 Å². The van der Waals surface area contributed by atoms with Crippen molar-refractivity contribution < 1.29 is 9.53 Å². The van der Waals surface area contributed by atoms with E-state index in [0.29, 0.717) is 18.6 Å². The lowest BCUT2D eigenvalue weighted by atomic mass is 9.82. The molecule has 3 heteroatoms. The lowest BCUT2D eigenvalue weighted by molar-refractivity contribution is 0.0473. The number of hydrogen-bond donors (Lipinski definition) is 0. The van der Waals surface area contributed by atoms with E-state index in [9.17, 15) is 4.79 Å². The molecule has 2 aliphatic rings. The number of ether oxygens (including phenoxy) is 1. The Balaban J connectivity index is 1.67. The molecular formula is C19H25NO2. The molecule has 3 rings (SSSR count). The predicted molar refractivity (Wildman–Crippen MR) is 87.4 cm³/mol. The Morgan fingerprint density at radius 3 is 2.73 bits per heavy atom. The number of rotatable bonds is 3. The number of piperidine rings is 1. The number of amides is 1. The van der Waals surface area contributed by atoms with Crippen molar-refractivity contribution in [3.05, 3.63) is 47.5 Å². The molecule has 0 N–H and O–H groups in total. The minimum atomic E-state index is -0.155. The van der Waals surface area contributed by atoms with Crippen LogP contribution in [-0.2, 0) is 11.3 Å². The number of benzene rings is 1. The topological polar surface area (TPSA) is 29.5 Å². The average molecular weight is 299 g/mol. The lowest BCUT2D eigenvalue weighted by Gasteiger charge is -2.44. The van der Waals surface area contributed by atoms with Crippen LogP contribution in [0.2, 0.25) is 0 Å². The summed E-state index contributed by atoms with van der Waals surface area (Å²) in [4.78, 5) is 14.5. The zero-order valence-electron chi connectivity index (χ0n) is 13.5. The van der Waals surface area contributed by atoms with Crippen LogP contribution < -0.4 is 0 Å². The molecule has 0 spiro atoms. The van der Waals surface area contributed by atoms with Crippen molar-refractivity contribution in [3.8, 4) is 0 Å². The normalized spacial score (nSPS) is 24.1. The molecule has 2 bridgehead atoms. The van der Waals surface area contributed by atoms with E-state index in [4.69, 9.17) is 4.74 Å². The van der Waals surface area contributed by atoms with Gasteiger partial charge in [-0.15, -0.1) is 0 Å². The van der Waals surface area contributed by atoms with Gasteiger partial charge in [0.15, 0.2) is 0 Å². The molecule has 2 unspecified atom stereocenters. The second-order valence-corrected chi connectivity index (χ2v) is 6.70. The van der Waals surface area contributed by atoms with Gasteiger partial charge in [-0.25, -0.2) is 4.79 Å². The molecule has 2 heterocycles. The van der Waals surface area contributed by atoms with Gasteiger partial charge in [0.2, 0.25) is 0 Å². The number of carbonyl (C=O) groups is 1. The fourth-order valence-electron chi connectivity index (χ4n) is 3.57. The maximum Gasteiger partial charge on any atom is 0.410 e. The number of hydrogen-bond acceptors (Lipinski definition) is 2. The summed E-state index contributed by atoms with van der Waals surface area (Å²) in [6.45, 7) is 4.84. The first-order valence-electron chi connectivity index (χ1n) is 8.34. The van der Waals surface area contributed by atoms with Gasteiger partial charge in [0.25, 0.3) is 0 Å². The minimum Gasteiger partial charge on any atom is -0.445 e. The van der Waals surface area contributed by atoms with Gasteiger partial charge >= 0.3 is 6.09 Å². The molecule has 0 radical (unpaired) electrons. The summed E-state index contributed by atoms with van der Waals surface area (Å²) in [7, 11) is 0. The van der Waals surface area contributed by atoms with Crippen LogP contribution in [0.4, 0.5) is 4.79 Å². The highest BCUT2D eigenvalue weighted by molar-refractivity contribution is 5.69. The zero-order valence-corrected chi connectivity index (χ0v) is 13.5. The smallest absolute Gasteiger partial charge is 0.410 e. The van der Waals surface area contributed by atoms with Crippen LogP contribution in [0, 0.1) is 5.92 Å². The summed E-state index contributed by atoms with van der Waals surface area (Å²) in [6.07, 6.45) is 6.53. The standard InChI is InChI=1S/C19H25NO2/c1-14(2)16-11-17-9-6-10-18(12-16)20(17)19(21)22-13-15-7-4-3-5-8-15/h3-5,7-8,11,14,17-18H,6,9-10,12-13H2,1-2H3. The van der Waals surface area contributed by atoms with Crippen LogP contribution in [0.5, 0.6) is 0 Å². The molecule has 3 nitrogen and oxygen atoms in total. The summed E-state index contributed by atoms with van der Waals surface area (Å²) < 4.78 is 5.56. The maximum absolute atomic E-state index is 12.5. The van der Waals surface area contributed by atoms with Crippen molar-refractivity contribution in [2.75, 3.05) is 0 Å². The highest BCUT2D eigenvalue weighted by atomic mass is 16.6. The van der Waals surface area contributed by atoms with E-state index in [0.717, 1.165) is 24.8 Å². The number of carbonyl (C=O) groups excluding carboxylic acids is 1. The van der Waals surface area contributed by atoms with Crippen LogP contribution >= 0.6 is 0 Å². The van der Waals surface area contributed by atoms with E-state index < -0.39 is 0 Å².